The summed E-state index contributed by atoms with van der Waals surface area (Å²) in [6, 6.07) is 2.01. The largest absolute Gasteiger partial charge is 0.408 e. The van der Waals surface area contributed by atoms with Crippen LogP contribution in [0, 0.1) is 0 Å². The zero-order chi connectivity index (χ0) is 26.9. The van der Waals surface area contributed by atoms with Crippen molar-refractivity contribution < 1.29 is 31.2 Å². The number of anilines is 1. The first-order chi connectivity index (χ1) is 17.3. The number of nitrogens with one attached hydrogen (secondary N) is 2. The molecule has 4 N–H and O–H groups in total. The number of rotatable bonds is 6. The van der Waals surface area contributed by atoms with Gasteiger partial charge in [-0.25, -0.2) is 22.6 Å². The Hall–Kier alpha value is -3.72. The lowest BCUT2D eigenvalue weighted by Gasteiger charge is -2.26. The summed E-state index contributed by atoms with van der Waals surface area (Å²) in [6.07, 6.45) is -1.52. The lowest BCUT2D eigenvalue weighted by molar-refractivity contribution is -0.172. The molecule has 0 bridgehead atoms. The van der Waals surface area contributed by atoms with E-state index in [1.165, 1.54) is 28.9 Å². The van der Waals surface area contributed by atoms with E-state index in [4.69, 9.17) is 5.73 Å². The van der Waals surface area contributed by atoms with Gasteiger partial charge in [-0.1, -0.05) is 0 Å². The van der Waals surface area contributed by atoms with Gasteiger partial charge in [-0.05, 0) is 50.6 Å². The van der Waals surface area contributed by atoms with Gasteiger partial charge in [0.2, 0.25) is 10.0 Å². The molecular formula is C22H22F3N7O4S. The second-order valence-electron chi connectivity index (χ2n) is 8.96. The lowest BCUT2D eigenvalue weighted by Crippen LogP contribution is -2.43. The molecular weight excluding hydrogens is 515 g/mol. The maximum absolute atomic E-state index is 13.4. The first kappa shape index (κ1) is 25.0. The number of aromatic nitrogens is 3. The highest BCUT2D eigenvalue weighted by molar-refractivity contribution is 7.89. The van der Waals surface area contributed by atoms with Crippen LogP contribution in [-0.2, 0) is 16.6 Å². The molecule has 1 fully saturated rings. The molecule has 1 aromatic carbocycles. The number of amides is 2. The molecule has 196 valence electrons. The van der Waals surface area contributed by atoms with Crippen LogP contribution in [0.15, 0.2) is 29.3 Å². The third kappa shape index (κ3) is 4.27. The third-order valence-electron chi connectivity index (χ3n) is 6.45. The Morgan fingerprint density at radius 2 is 1.97 bits per heavy atom. The van der Waals surface area contributed by atoms with Crippen LogP contribution < -0.4 is 15.8 Å². The number of hydrogen-bond donors (Lipinski definition) is 3. The summed E-state index contributed by atoms with van der Waals surface area (Å²) in [7, 11) is -3.11. The fraction of sp³-hybridized carbons (Fsp3) is 0.364. The molecule has 0 saturated heterocycles. The number of nitrogen functional groups attached to an aromatic ring is 1. The molecule has 37 heavy (non-hydrogen) atoms. The first-order valence-corrected chi connectivity index (χ1v) is 12.7. The number of nitrogens with zero attached hydrogens (tertiary/aromatic N) is 4. The number of alkyl halides is 3. The molecule has 11 nitrogen and oxygen atoms in total. The standard InChI is InChI=1S/C22H22F3N7O4S/c1-10(22(23,24)25)31-9-12-7-11(8-15(16(12)21(31)34)37(35,36)27-2)14-5-6-32-19(29-14)17(18(26)30-32)20(33)28-13-3-4-13/h5-8,10,13,27H,3-4,9H2,1-2H3,(H2,26,30)(H,28,33)/t10-/m0/s1. The Labute approximate surface area is 208 Å². The molecule has 0 radical (unpaired) electrons. The van der Waals surface area contributed by atoms with Crippen molar-refractivity contribution >= 4 is 33.3 Å². The first-order valence-electron chi connectivity index (χ1n) is 11.3. The number of fused-ring (bicyclic) bond motifs is 2. The van der Waals surface area contributed by atoms with E-state index in [0.717, 1.165) is 26.8 Å². The average molecular weight is 538 g/mol. The van der Waals surface area contributed by atoms with Crippen molar-refractivity contribution in [3.05, 3.63) is 41.1 Å². The van der Waals surface area contributed by atoms with Crippen LogP contribution in [0.2, 0.25) is 0 Å². The van der Waals surface area contributed by atoms with E-state index in [2.05, 4.69) is 20.1 Å². The van der Waals surface area contributed by atoms with Gasteiger partial charge >= 0.3 is 6.18 Å². The number of carbonyl (C=O) groups is 2. The Morgan fingerprint density at radius 3 is 2.59 bits per heavy atom. The van der Waals surface area contributed by atoms with E-state index >= 15 is 0 Å². The van der Waals surface area contributed by atoms with Crippen molar-refractivity contribution in [2.45, 2.75) is 49.5 Å². The second kappa shape index (κ2) is 8.41. The molecule has 1 atom stereocenters. The van der Waals surface area contributed by atoms with Gasteiger partial charge in [0.05, 0.1) is 16.2 Å². The molecule has 1 aliphatic heterocycles. The Kier molecular flexibility index (Phi) is 5.67. The number of nitrogens with two attached hydrogens (primary N) is 1. The summed E-state index contributed by atoms with van der Waals surface area (Å²) < 4.78 is 69.2. The van der Waals surface area contributed by atoms with Crippen LogP contribution >= 0.6 is 0 Å². The van der Waals surface area contributed by atoms with E-state index < -0.39 is 45.5 Å². The van der Waals surface area contributed by atoms with Gasteiger partial charge in [0.15, 0.2) is 11.5 Å². The minimum Gasteiger partial charge on any atom is -0.381 e. The third-order valence-corrected chi connectivity index (χ3v) is 7.88. The fourth-order valence-corrected chi connectivity index (χ4v) is 5.20. The van der Waals surface area contributed by atoms with Crippen molar-refractivity contribution in [3.8, 4) is 11.3 Å². The Balaban J connectivity index is 1.64. The maximum Gasteiger partial charge on any atom is 0.408 e. The number of halogens is 3. The summed E-state index contributed by atoms with van der Waals surface area (Å²) >= 11 is 0. The molecule has 2 amide bonds. The van der Waals surface area contributed by atoms with E-state index in [0.29, 0.717) is 4.90 Å². The normalized spacial score (nSPS) is 16.8. The van der Waals surface area contributed by atoms with Gasteiger partial charge in [0.1, 0.15) is 11.6 Å². The molecule has 0 spiro atoms. The molecule has 1 aliphatic carbocycles. The summed E-state index contributed by atoms with van der Waals surface area (Å²) in [5.41, 5.74) is 6.33. The van der Waals surface area contributed by atoms with Crippen molar-refractivity contribution in [1.29, 1.82) is 0 Å². The van der Waals surface area contributed by atoms with Crippen LogP contribution in [0.1, 0.15) is 46.0 Å². The van der Waals surface area contributed by atoms with Crippen molar-refractivity contribution in [2.24, 2.45) is 0 Å². The molecule has 15 heteroatoms. The van der Waals surface area contributed by atoms with Crippen molar-refractivity contribution in [2.75, 3.05) is 12.8 Å². The number of sulfonamides is 1. The van der Waals surface area contributed by atoms with Crippen LogP contribution in [0.4, 0.5) is 19.0 Å². The number of benzene rings is 1. The monoisotopic (exact) mass is 537 g/mol. The van der Waals surface area contributed by atoms with Gasteiger partial charge < -0.3 is 16.0 Å². The van der Waals surface area contributed by atoms with E-state index in [9.17, 15) is 31.2 Å². The Morgan fingerprint density at radius 1 is 1.27 bits per heavy atom. The highest BCUT2D eigenvalue weighted by Gasteiger charge is 2.46. The van der Waals surface area contributed by atoms with Gasteiger partial charge in [0, 0.05) is 24.3 Å². The molecule has 3 heterocycles. The Bertz CT molecular complexity index is 1560. The van der Waals surface area contributed by atoms with Crippen LogP contribution in [0.25, 0.3) is 16.9 Å². The van der Waals surface area contributed by atoms with Crippen LogP contribution in [0.3, 0.4) is 0 Å². The number of hydrogen-bond acceptors (Lipinski definition) is 7. The summed E-state index contributed by atoms with van der Waals surface area (Å²) in [6.45, 7) is 0.399. The van der Waals surface area contributed by atoms with E-state index in [1.807, 2.05) is 0 Å². The zero-order valence-corrected chi connectivity index (χ0v) is 20.4. The maximum atomic E-state index is 13.4. The van der Waals surface area contributed by atoms with Gasteiger partial charge in [0.25, 0.3) is 11.8 Å². The van der Waals surface area contributed by atoms with Crippen LogP contribution in [-0.4, -0.2) is 65.0 Å². The summed E-state index contributed by atoms with van der Waals surface area (Å²) in [5, 5.41) is 6.91. The van der Waals surface area contributed by atoms with Gasteiger partial charge in [-0.2, -0.15) is 13.2 Å². The number of carbonyl (C=O) groups excluding carboxylic acids is 2. The smallest absolute Gasteiger partial charge is 0.381 e. The topological polar surface area (TPSA) is 152 Å². The average Bonchev–Trinajstić information content (AvgIpc) is 3.49. The SMILES string of the molecule is CNS(=O)(=O)c1cc(-c2ccn3nc(N)c(C(=O)NC4CC4)c3n2)cc2c1C(=O)N([C@@H](C)C(F)(F)F)C2. The van der Waals surface area contributed by atoms with Crippen molar-refractivity contribution in [1.82, 2.24) is 29.5 Å². The fourth-order valence-electron chi connectivity index (χ4n) is 4.21. The van der Waals surface area contributed by atoms with Crippen LogP contribution in [0.5, 0.6) is 0 Å². The molecule has 0 unspecified atom stereocenters. The summed E-state index contributed by atoms with van der Waals surface area (Å²) in [5.74, 6) is -1.53. The predicted molar refractivity (Wildman–Crippen MR) is 125 cm³/mol. The lowest BCUT2D eigenvalue weighted by atomic mass is 10.0. The predicted octanol–water partition coefficient (Wildman–Crippen LogP) is 1.69. The van der Waals surface area contributed by atoms with Crippen molar-refractivity contribution in [3.63, 3.8) is 0 Å². The molecule has 3 aromatic rings. The quantitative estimate of drug-likeness (QED) is 0.433. The second-order valence-corrected chi connectivity index (χ2v) is 10.8. The molecule has 2 aromatic heterocycles. The van der Waals surface area contributed by atoms with Gasteiger partial charge in [-0.3, -0.25) is 9.59 Å². The van der Waals surface area contributed by atoms with Gasteiger partial charge in [-0.15, -0.1) is 5.10 Å². The minimum absolute atomic E-state index is 0.0439. The van der Waals surface area contributed by atoms with E-state index in [1.54, 1.807) is 0 Å². The molecule has 2 aliphatic rings. The molecule has 1 saturated carbocycles. The zero-order valence-electron chi connectivity index (χ0n) is 19.6. The van der Waals surface area contributed by atoms with E-state index in [-0.39, 0.29) is 45.5 Å². The minimum atomic E-state index is -4.70. The summed E-state index contributed by atoms with van der Waals surface area (Å²) in [4.78, 5) is 30.3. The molecule has 5 rings (SSSR count). The highest BCUT2D eigenvalue weighted by Crippen LogP contribution is 2.37. The highest BCUT2D eigenvalue weighted by atomic mass is 32.2.